The van der Waals surface area contributed by atoms with Crippen molar-refractivity contribution in [3.05, 3.63) is 29.6 Å². The molecule has 1 aromatic heterocycles. The van der Waals surface area contributed by atoms with Gasteiger partial charge in [0, 0.05) is 11.6 Å². The van der Waals surface area contributed by atoms with Gasteiger partial charge in [-0.05, 0) is 19.9 Å². The molecule has 0 aliphatic carbocycles. The topological polar surface area (TPSA) is 30.2 Å². The van der Waals surface area contributed by atoms with E-state index in [1.807, 2.05) is 32.3 Å². The molecule has 0 unspecified atom stereocenters. The van der Waals surface area contributed by atoms with Crippen molar-refractivity contribution in [1.82, 2.24) is 0 Å². The summed E-state index contributed by atoms with van der Waals surface area (Å²) in [6.07, 6.45) is 1.83. The molecule has 0 radical (unpaired) electrons. The third-order valence-electron chi connectivity index (χ3n) is 1.85. The standard InChI is InChI=1S/C10H14NO2/c1-4-13-10(12)9-8(2)6-5-7-11(9)3/h5-7H,4H2,1-3H3/q+1. The fourth-order valence-electron chi connectivity index (χ4n) is 1.25. The van der Waals surface area contributed by atoms with E-state index in [2.05, 4.69) is 0 Å². The summed E-state index contributed by atoms with van der Waals surface area (Å²) >= 11 is 0. The van der Waals surface area contributed by atoms with Gasteiger partial charge in [0.15, 0.2) is 6.20 Å². The zero-order valence-electron chi connectivity index (χ0n) is 8.20. The third kappa shape index (κ3) is 2.05. The predicted molar refractivity (Wildman–Crippen MR) is 48.3 cm³/mol. The van der Waals surface area contributed by atoms with Crippen LogP contribution in [0.15, 0.2) is 18.3 Å². The Labute approximate surface area is 78.0 Å². The third-order valence-corrected chi connectivity index (χ3v) is 1.85. The lowest BCUT2D eigenvalue weighted by molar-refractivity contribution is -0.674. The van der Waals surface area contributed by atoms with E-state index in [0.717, 1.165) is 5.56 Å². The highest BCUT2D eigenvalue weighted by atomic mass is 16.5. The van der Waals surface area contributed by atoms with Gasteiger partial charge in [-0.1, -0.05) is 0 Å². The fourth-order valence-corrected chi connectivity index (χ4v) is 1.25. The van der Waals surface area contributed by atoms with Gasteiger partial charge in [0.25, 0.3) is 5.69 Å². The van der Waals surface area contributed by atoms with Crippen LogP contribution < -0.4 is 4.57 Å². The summed E-state index contributed by atoms with van der Waals surface area (Å²) in [6.45, 7) is 4.11. The molecule has 13 heavy (non-hydrogen) atoms. The molecule has 0 saturated heterocycles. The number of pyridine rings is 1. The number of hydrogen-bond donors (Lipinski definition) is 0. The van der Waals surface area contributed by atoms with Gasteiger partial charge in [-0.2, -0.15) is 4.57 Å². The highest BCUT2D eigenvalue weighted by Crippen LogP contribution is 2.02. The second kappa shape index (κ2) is 4.03. The Hall–Kier alpha value is -1.38. The Morgan fingerprint density at radius 1 is 1.62 bits per heavy atom. The van der Waals surface area contributed by atoms with Gasteiger partial charge in [0.1, 0.15) is 7.05 Å². The molecule has 1 rings (SSSR count). The second-order valence-electron chi connectivity index (χ2n) is 2.87. The van der Waals surface area contributed by atoms with Crippen LogP contribution in [0.4, 0.5) is 0 Å². The van der Waals surface area contributed by atoms with Crippen molar-refractivity contribution in [2.45, 2.75) is 13.8 Å². The maximum Gasteiger partial charge on any atom is 0.403 e. The molecule has 0 atom stereocenters. The first-order valence-electron chi connectivity index (χ1n) is 4.29. The largest absolute Gasteiger partial charge is 0.458 e. The van der Waals surface area contributed by atoms with Gasteiger partial charge < -0.3 is 4.74 Å². The van der Waals surface area contributed by atoms with Crippen molar-refractivity contribution in [2.24, 2.45) is 7.05 Å². The van der Waals surface area contributed by atoms with Gasteiger partial charge in [-0.25, -0.2) is 4.79 Å². The van der Waals surface area contributed by atoms with E-state index in [0.29, 0.717) is 12.3 Å². The zero-order chi connectivity index (χ0) is 9.84. The second-order valence-corrected chi connectivity index (χ2v) is 2.87. The van der Waals surface area contributed by atoms with Crippen LogP contribution in [0.5, 0.6) is 0 Å². The number of esters is 1. The molecule has 70 valence electrons. The first-order chi connectivity index (χ1) is 6.16. The molecule has 0 spiro atoms. The highest BCUT2D eigenvalue weighted by Gasteiger charge is 2.20. The Balaban J connectivity index is 3.05. The first-order valence-corrected chi connectivity index (χ1v) is 4.29. The van der Waals surface area contributed by atoms with Crippen molar-refractivity contribution in [3.63, 3.8) is 0 Å². The van der Waals surface area contributed by atoms with Gasteiger partial charge in [-0.15, -0.1) is 0 Å². The smallest absolute Gasteiger partial charge is 0.403 e. The quantitative estimate of drug-likeness (QED) is 0.502. The molecule has 0 aliphatic rings. The van der Waals surface area contributed by atoms with Crippen LogP contribution in [0.2, 0.25) is 0 Å². The average molecular weight is 180 g/mol. The molecule has 0 aliphatic heterocycles. The predicted octanol–water partition coefficient (Wildman–Crippen LogP) is 0.996. The summed E-state index contributed by atoms with van der Waals surface area (Å²) in [5, 5.41) is 0. The number of aromatic nitrogens is 1. The van der Waals surface area contributed by atoms with Crippen molar-refractivity contribution >= 4 is 5.97 Å². The van der Waals surface area contributed by atoms with Gasteiger partial charge >= 0.3 is 5.97 Å². The number of aryl methyl sites for hydroxylation is 2. The summed E-state index contributed by atoms with van der Waals surface area (Å²) in [7, 11) is 1.83. The lowest BCUT2D eigenvalue weighted by Gasteiger charge is -2.01. The van der Waals surface area contributed by atoms with Crippen molar-refractivity contribution in [1.29, 1.82) is 0 Å². The molecule has 0 amide bonds. The molecule has 1 aromatic rings. The molecule has 0 bridgehead atoms. The molecule has 0 N–H and O–H groups in total. The van der Waals surface area contributed by atoms with E-state index < -0.39 is 0 Å². The number of carbonyl (C=O) groups excluding carboxylic acids is 1. The number of rotatable bonds is 2. The highest BCUT2D eigenvalue weighted by molar-refractivity contribution is 5.87. The van der Waals surface area contributed by atoms with Crippen LogP contribution >= 0.6 is 0 Å². The number of nitrogens with zero attached hydrogens (tertiary/aromatic N) is 1. The number of ether oxygens (including phenoxy) is 1. The number of hydrogen-bond acceptors (Lipinski definition) is 2. The molecule has 1 heterocycles. The molecule has 0 fully saturated rings. The fraction of sp³-hybridized carbons (Fsp3) is 0.400. The monoisotopic (exact) mass is 180 g/mol. The van der Waals surface area contributed by atoms with Crippen LogP contribution in [0.1, 0.15) is 23.0 Å². The van der Waals surface area contributed by atoms with Crippen LogP contribution in [0, 0.1) is 6.92 Å². The van der Waals surface area contributed by atoms with Gasteiger partial charge in [0.05, 0.1) is 6.61 Å². The zero-order valence-corrected chi connectivity index (χ0v) is 8.20. The summed E-state index contributed by atoms with van der Waals surface area (Å²) in [6, 6.07) is 3.80. The van der Waals surface area contributed by atoms with Crippen molar-refractivity contribution in [3.8, 4) is 0 Å². The Bertz CT molecular complexity index is 300. The maximum absolute atomic E-state index is 11.4. The minimum atomic E-state index is -0.261. The summed E-state index contributed by atoms with van der Waals surface area (Å²) in [5.41, 5.74) is 1.55. The van der Waals surface area contributed by atoms with E-state index in [4.69, 9.17) is 4.74 Å². The maximum atomic E-state index is 11.4. The van der Waals surface area contributed by atoms with Crippen molar-refractivity contribution in [2.75, 3.05) is 6.61 Å². The average Bonchev–Trinajstić information content (AvgIpc) is 2.04. The Kier molecular flexibility index (Phi) is 3.01. The molecule has 3 heteroatoms. The lowest BCUT2D eigenvalue weighted by Crippen LogP contribution is -2.37. The van der Waals surface area contributed by atoms with Gasteiger partial charge in [0.2, 0.25) is 0 Å². The molecule has 0 aromatic carbocycles. The first kappa shape index (κ1) is 9.71. The summed E-state index contributed by atoms with van der Waals surface area (Å²) in [4.78, 5) is 11.4. The van der Waals surface area contributed by atoms with E-state index in [-0.39, 0.29) is 5.97 Å². The summed E-state index contributed by atoms with van der Waals surface area (Å²) < 4.78 is 6.70. The summed E-state index contributed by atoms with van der Waals surface area (Å²) in [5.74, 6) is -0.261. The molecule has 0 saturated carbocycles. The van der Waals surface area contributed by atoms with Gasteiger partial charge in [-0.3, -0.25) is 0 Å². The number of carbonyl (C=O) groups is 1. The van der Waals surface area contributed by atoms with Crippen LogP contribution in [-0.4, -0.2) is 12.6 Å². The normalized spacial score (nSPS) is 9.77. The van der Waals surface area contributed by atoms with E-state index in [1.54, 1.807) is 11.5 Å². The minimum absolute atomic E-state index is 0.261. The molecular weight excluding hydrogens is 166 g/mol. The van der Waals surface area contributed by atoms with Crippen molar-refractivity contribution < 1.29 is 14.1 Å². The molecular formula is C10H14NO2+. The lowest BCUT2D eigenvalue weighted by atomic mass is 10.2. The van der Waals surface area contributed by atoms with E-state index in [9.17, 15) is 4.79 Å². The van der Waals surface area contributed by atoms with Crippen LogP contribution in [-0.2, 0) is 11.8 Å². The van der Waals surface area contributed by atoms with E-state index >= 15 is 0 Å². The Morgan fingerprint density at radius 2 is 2.31 bits per heavy atom. The minimum Gasteiger partial charge on any atom is -0.458 e. The SMILES string of the molecule is CCOC(=O)c1c(C)ccc[n+]1C. The van der Waals surface area contributed by atoms with Crippen LogP contribution in [0.3, 0.4) is 0 Å². The Morgan fingerprint density at radius 3 is 2.85 bits per heavy atom. The van der Waals surface area contributed by atoms with E-state index in [1.165, 1.54) is 0 Å². The molecule has 3 nitrogen and oxygen atoms in total. The van der Waals surface area contributed by atoms with Crippen LogP contribution in [0.25, 0.3) is 0 Å².